The van der Waals surface area contributed by atoms with Crippen molar-refractivity contribution < 1.29 is 9.90 Å². The molecule has 108 valence electrons. The number of benzene rings is 2. The maximum atomic E-state index is 12.5. The third kappa shape index (κ3) is 2.98. The monoisotopic (exact) mass is 281 g/mol. The number of β-amino-alcohol motifs (C(OH)–C–C–N with tert-alkyl or cyclic N) is 1. The maximum absolute atomic E-state index is 12.5. The zero-order valence-electron chi connectivity index (χ0n) is 12.1. The number of amides is 1. The van der Waals surface area contributed by atoms with Crippen LogP contribution in [0.4, 0.5) is 0 Å². The van der Waals surface area contributed by atoms with Gasteiger partial charge in [-0.25, -0.2) is 0 Å². The molecule has 0 unspecified atom stereocenters. The van der Waals surface area contributed by atoms with Crippen molar-refractivity contribution in [3.05, 3.63) is 59.7 Å². The van der Waals surface area contributed by atoms with Crippen LogP contribution in [0.25, 0.3) is 11.1 Å². The van der Waals surface area contributed by atoms with Crippen LogP contribution in [-0.2, 0) is 0 Å². The summed E-state index contributed by atoms with van der Waals surface area (Å²) < 4.78 is 0. The van der Waals surface area contributed by atoms with Crippen LogP contribution in [0.15, 0.2) is 48.5 Å². The van der Waals surface area contributed by atoms with Gasteiger partial charge < -0.3 is 10.0 Å². The van der Waals surface area contributed by atoms with Gasteiger partial charge in [0.05, 0.1) is 6.10 Å². The fourth-order valence-corrected chi connectivity index (χ4v) is 2.77. The molecule has 0 aliphatic carbocycles. The Morgan fingerprint density at radius 1 is 1.14 bits per heavy atom. The third-order valence-electron chi connectivity index (χ3n) is 3.91. The molecule has 0 saturated carbocycles. The first-order valence-electron chi connectivity index (χ1n) is 7.28. The predicted octanol–water partition coefficient (Wildman–Crippen LogP) is 2.87. The molecular formula is C18H19NO2. The molecule has 2 aromatic carbocycles. The standard InChI is InChI=1S/C18H19NO2/c1-13-4-2-5-14(10-13)15-6-3-7-16(11-15)18(21)19-9-8-17(20)12-19/h2-7,10-11,17,20H,8-9,12H2,1H3/t17-/m1/s1. The Bertz CT molecular complexity index is 666. The fourth-order valence-electron chi connectivity index (χ4n) is 2.77. The SMILES string of the molecule is Cc1cccc(-c2cccc(C(=O)N3CC[C@@H](O)C3)c2)c1. The summed E-state index contributed by atoms with van der Waals surface area (Å²) in [5, 5.41) is 9.56. The van der Waals surface area contributed by atoms with Crippen molar-refractivity contribution in [2.45, 2.75) is 19.4 Å². The van der Waals surface area contributed by atoms with Crippen LogP contribution in [0.3, 0.4) is 0 Å². The molecule has 3 nitrogen and oxygen atoms in total. The summed E-state index contributed by atoms with van der Waals surface area (Å²) in [7, 11) is 0. The molecule has 0 aromatic heterocycles. The molecule has 1 fully saturated rings. The Kier molecular flexibility index (Phi) is 3.76. The number of hydrogen-bond acceptors (Lipinski definition) is 2. The average Bonchev–Trinajstić information content (AvgIpc) is 2.93. The first-order valence-corrected chi connectivity index (χ1v) is 7.28. The quantitative estimate of drug-likeness (QED) is 0.919. The number of aryl methyl sites for hydroxylation is 1. The molecule has 2 aromatic rings. The molecule has 1 aliphatic heterocycles. The van der Waals surface area contributed by atoms with Crippen LogP contribution in [-0.4, -0.2) is 35.1 Å². The van der Waals surface area contributed by atoms with E-state index in [0.717, 1.165) is 11.1 Å². The van der Waals surface area contributed by atoms with Crippen molar-refractivity contribution in [1.82, 2.24) is 4.90 Å². The minimum Gasteiger partial charge on any atom is -0.391 e. The van der Waals surface area contributed by atoms with Crippen LogP contribution < -0.4 is 0 Å². The van der Waals surface area contributed by atoms with Crippen LogP contribution in [0.1, 0.15) is 22.3 Å². The average molecular weight is 281 g/mol. The van der Waals surface area contributed by atoms with Gasteiger partial charge in [0.15, 0.2) is 0 Å². The zero-order valence-corrected chi connectivity index (χ0v) is 12.1. The molecule has 21 heavy (non-hydrogen) atoms. The molecule has 0 spiro atoms. The number of carbonyl (C=O) groups excluding carboxylic acids is 1. The lowest BCUT2D eigenvalue weighted by Crippen LogP contribution is -2.29. The summed E-state index contributed by atoms with van der Waals surface area (Å²) in [4.78, 5) is 14.2. The van der Waals surface area contributed by atoms with Crippen LogP contribution in [0.5, 0.6) is 0 Å². The lowest BCUT2D eigenvalue weighted by Gasteiger charge is -2.16. The Morgan fingerprint density at radius 3 is 2.52 bits per heavy atom. The highest BCUT2D eigenvalue weighted by molar-refractivity contribution is 5.95. The summed E-state index contributed by atoms with van der Waals surface area (Å²) in [6.07, 6.45) is 0.289. The lowest BCUT2D eigenvalue weighted by atomic mass is 10.0. The highest BCUT2D eigenvalue weighted by Crippen LogP contribution is 2.23. The van der Waals surface area contributed by atoms with Gasteiger partial charge in [-0.05, 0) is 36.6 Å². The smallest absolute Gasteiger partial charge is 0.253 e. The summed E-state index contributed by atoms with van der Waals surface area (Å²) in [6.45, 7) is 3.13. The Hall–Kier alpha value is -2.13. The molecule has 0 radical (unpaired) electrons. The molecule has 0 bridgehead atoms. The van der Waals surface area contributed by atoms with E-state index in [2.05, 4.69) is 25.1 Å². The molecule has 3 rings (SSSR count). The number of carbonyl (C=O) groups is 1. The van der Waals surface area contributed by atoms with E-state index in [9.17, 15) is 9.90 Å². The summed E-state index contributed by atoms with van der Waals surface area (Å²) in [5.41, 5.74) is 4.05. The number of aliphatic hydroxyl groups is 1. The first-order chi connectivity index (χ1) is 10.1. The van der Waals surface area contributed by atoms with Gasteiger partial charge in [0.25, 0.3) is 5.91 Å². The van der Waals surface area contributed by atoms with Gasteiger partial charge in [-0.3, -0.25) is 4.79 Å². The number of likely N-dealkylation sites (tertiary alicyclic amines) is 1. The molecule has 1 N–H and O–H groups in total. The van der Waals surface area contributed by atoms with Gasteiger partial charge in [-0.2, -0.15) is 0 Å². The minimum absolute atomic E-state index is 0.000975. The molecular weight excluding hydrogens is 262 g/mol. The summed E-state index contributed by atoms with van der Waals surface area (Å²) >= 11 is 0. The van der Waals surface area contributed by atoms with Crippen LogP contribution in [0.2, 0.25) is 0 Å². The van der Waals surface area contributed by atoms with E-state index in [1.165, 1.54) is 5.56 Å². The summed E-state index contributed by atoms with van der Waals surface area (Å²) in [6, 6.07) is 16.0. The van der Waals surface area contributed by atoms with E-state index in [1.807, 2.05) is 30.3 Å². The normalized spacial score (nSPS) is 18.0. The Balaban J connectivity index is 1.88. The van der Waals surface area contributed by atoms with Crippen LogP contribution >= 0.6 is 0 Å². The predicted molar refractivity (Wildman–Crippen MR) is 83.1 cm³/mol. The molecule has 1 saturated heterocycles. The van der Waals surface area contributed by atoms with E-state index < -0.39 is 0 Å². The fraction of sp³-hybridized carbons (Fsp3) is 0.278. The summed E-state index contributed by atoms with van der Waals surface area (Å²) in [5.74, 6) is 0.000975. The number of rotatable bonds is 2. The highest BCUT2D eigenvalue weighted by atomic mass is 16.3. The minimum atomic E-state index is -0.381. The van der Waals surface area contributed by atoms with Gasteiger partial charge in [-0.15, -0.1) is 0 Å². The molecule has 3 heteroatoms. The van der Waals surface area contributed by atoms with Crippen molar-refractivity contribution in [3.8, 4) is 11.1 Å². The number of hydrogen-bond donors (Lipinski definition) is 1. The van der Waals surface area contributed by atoms with E-state index in [4.69, 9.17) is 0 Å². The lowest BCUT2D eigenvalue weighted by molar-refractivity contribution is 0.0765. The van der Waals surface area contributed by atoms with Gasteiger partial charge >= 0.3 is 0 Å². The largest absolute Gasteiger partial charge is 0.391 e. The van der Waals surface area contributed by atoms with Gasteiger partial charge in [0.2, 0.25) is 0 Å². The number of nitrogens with zero attached hydrogens (tertiary/aromatic N) is 1. The Morgan fingerprint density at radius 2 is 1.86 bits per heavy atom. The Labute approximate surface area is 124 Å². The van der Waals surface area contributed by atoms with Gasteiger partial charge in [-0.1, -0.05) is 42.0 Å². The highest BCUT2D eigenvalue weighted by Gasteiger charge is 2.25. The van der Waals surface area contributed by atoms with Crippen molar-refractivity contribution >= 4 is 5.91 Å². The van der Waals surface area contributed by atoms with E-state index in [0.29, 0.717) is 25.1 Å². The van der Waals surface area contributed by atoms with Crippen molar-refractivity contribution in [2.75, 3.05) is 13.1 Å². The van der Waals surface area contributed by atoms with Crippen molar-refractivity contribution in [1.29, 1.82) is 0 Å². The third-order valence-corrected chi connectivity index (χ3v) is 3.91. The van der Waals surface area contributed by atoms with E-state index >= 15 is 0 Å². The number of aliphatic hydroxyl groups excluding tert-OH is 1. The van der Waals surface area contributed by atoms with Gasteiger partial charge in [0.1, 0.15) is 0 Å². The van der Waals surface area contributed by atoms with Gasteiger partial charge in [0, 0.05) is 18.7 Å². The topological polar surface area (TPSA) is 40.5 Å². The van der Waals surface area contributed by atoms with Crippen molar-refractivity contribution in [3.63, 3.8) is 0 Å². The van der Waals surface area contributed by atoms with Crippen molar-refractivity contribution in [2.24, 2.45) is 0 Å². The second kappa shape index (κ2) is 5.70. The van der Waals surface area contributed by atoms with E-state index in [1.54, 1.807) is 4.90 Å². The molecule has 1 amide bonds. The molecule has 1 aliphatic rings. The van der Waals surface area contributed by atoms with E-state index in [-0.39, 0.29) is 12.0 Å². The first kappa shape index (κ1) is 13.8. The molecule has 1 atom stereocenters. The van der Waals surface area contributed by atoms with Crippen LogP contribution in [0, 0.1) is 6.92 Å². The second-order valence-corrected chi connectivity index (χ2v) is 5.64. The zero-order chi connectivity index (χ0) is 14.8. The second-order valence-electron chi connectivity index (χ2n) is 5.64. The molecule has 1 heterocycles. The maximum Gasteiger partial charge on any atom is 0.253 e.